The lowest BCUT2D eigenvalue weighted by Crippen LogP contribution is -2.31. The third-order valence-electron chi connectivity index (χ3n) is 2.68. The van der Waals surface area contributed by atoms with E-state index in [-0.39, 0.29) is 19.6 Å². The number of carbonyl (C=O) groups excluding carboxylic acids is 3. The fourth-order valence-electron chi connectivity index (χ4n) is 1.69. The average molecular weight is 320 g/mol. The quantitative estimate of drug-likeness (QED) is 0.415. The lowest BCUT2D eigenvalue weighted by molar-refractivity contribution is -0.169. The van der Waals surface area contributed by atoms with Gasteiger partial charge in [0.2, 0.25) is 6.10 Å². The minimum absolute atomic E-state index is 0.121. The summed E-state index contributed by atoms with van der Waals surface area (Å²) in [7, 11) is 0. The molecular formula is C17H20O6. The van der Waals surface area contributed by atoms with Crippen molar-refractivity contribution in [2.24, 2.45) is 0 Å². The molecule has 1 aromatic carbocycles. The molecule has 0 aliphatic rings. The Balaban J connectivity index is 2.67. The lowest BCUT2D eigenvalue weighted by atomic mass is 10.2. The fourth-order valence-corrected chi connectivity index (χ4v) is 1.69. The summed E-state index contributed by atoms with van der Waals surface area (Å²) < 4.78 is 14.6. The van der Waals surface area contributed by atoms with Crippen LogP contribution in [0, 0.1) is 0 Å². The molecule has 0 radical (unpaired) electrons. The first kappa shape index (κ1) is 18.4. The highest BCUT2D eigenvalue weighted by atomic mass is 16.6. The topological polar surface area (TPSA) is 78.9 Å². The van der Waals surface area contributed by atoms with Crippen LogP contribution in [0.3, 0.4) is 0 Å². The molecule has 0 spiro atoms. The Kier molecular flexibility index (Phi) is 8.13. The Morgan fingerprint density at radius 1 is 1.04 bits per heavy atom. The summed E-state index contributed by atoms with van der Waals surface area (Å²) >= 11 is 0. The highest BCUT2D eigenvalue weighted by Crippen LogP contribution is 2.07. The molecule has 0 aromatic heterocycles. The van der Waals surface area contributed by atoms with E-state index in [1.165, 1.54) is 6.08 Å². The van der Waals surface area contributed by atoms with Gasteiger partial charge in [-0.1, -0.05) is 30.3 Å². The van der Waals surface area contributed by atoms with E-state index in [0.29, 0.717) is 0 Å². The van der Waals surface area contributed by atoms with Crippen LogP contribution < -0.4 is 0 Å². The van der Waals surface area contributed by atoms with Gasteiger partial charge in [-0.3, -0.25) is 4.79 Å². The van der Waals surface area contributed by atoms with Crippen molar-refractivity contribution in [2.75, 3.05) is 13.2 Å². The molecule has 0 unspecified atom stereocenters. The molecule has 0 aliphatic heterocycles. The maximum Gasteiger partial charge on any atom is 0.348 e. The predicted molar refractivity (Wildman–Crippen MR) is 83.2 cm³/mol. The maximum absolute atomic E-state index is 11.8. The van der Waals surface area contributed by atoms with Crippen molar-refractivity contribution in [1.29, 1.82) is 0 Å². The average Bonchev–Trinajstić information content (AvgIpc) is 2.54. The summed E-state index contributed by atoms with van der Waals surface area (Å²) in [4.78, 5) is 35.1. The second-order valence-corrected chi connectivity index (χ2v) is 4.43. The van der Waals surface area contributed by atoms with E-state index in [1.807, 2.05) is 30.3 Å². The summed E-state index contributed by atoms with van der Waals surface area (Å²) in [5.41, 5.74) is 0.808. The van der Waals surface area contributed by atoms with Crippen LogP contribution >= 0.6 is 0 Å². The Morgan fingerprint density at radius 3 is 2.30 bits per heavy atom. The van der Waals surface area contributed by atoms with Crippen molar-refractivity contribution >= 4 is 24.0 Å². The summed E-state index contributed by atoms with van der Waals surface area (Å²) in [6, 6.07) is 9.13. The van der Waals surface area contributed by atoms with Gasteiger partial charge < -0.3 is 14.2 Å². The summed E-state index contributed by atoms with van der Waals surface area (Å²) in [6.45, 7) is 3.56. The van der Waals surface area contributed by atoms with Gasteiger partial charge in [-0.25, -0.2) is 9.59 Å². The monoisotopic (exact) mass is 320 g/mol. The molecule has 1 atom stereocenters. The molecular weight excluding hydrogens is 300 g/mol. The van der Waals surface area contributed by atoms with Gasteiger partial charge in [-0.2, -0.15) is 0 Å². The van der Waals surface area contributed by atoms with E-state index >= 15 is 0 Å². The van der Waals surface area contributed by atoms with Crippen LogP contribution in [-0.2, 0) is 28.6 Å². The van der Waals surface area contributed by atoms with Gasteiger partial charge in [-0.05, 0) is 25.5 Å². The van der Waals surface area contributed by atoms with Gasteiger partial charge >= 0.3 is 17.9 Å². The summed E-state index contributed by atoms with van der Waals surface area (Å²) in [5.74, 6) is -2.15. The first-order chi connectivity index (χ1) is 11.1. The van der Waals surface area contributed by atoms with E-state index in [0.717, 1.165) is 5.56 Å². The van der Waals surface area contributed by atoms with E-state index in [4.69, 9.17) is 14.2 Å². The molecule has 0 amide bonds. The van der Waals surface area contributed by atoms with Crippen molar-refractivity contribution in [3.05, 3.63) is 42.0 Å². The smallest absolute Gasteiger partial charge is 0.348 e. The Hall–Kier alpha value is -2.63. The molecule has 0 saturated carbocycles. The third kappa shape index (κ3) is 7.26. The molecule has 0 aliphatic carbocycles. The van der Waals surface area contributed by atoms with Crippen LogP contribution in [0.25, 0.3) is 6.08 Å². The van der Waals surface area contributed by atoms with Crippen molar-refractivity contribution in [3.63, 3.8) is 0 Å². The van der Waals surface area contributed by atoms with Crippen molar-refractivity contribution < 1.29 is 28.6 Å². The number of benzene rings is 1. The Bertz CT molecular complexity index is 549. The standard InChI is InChI=1S/C17H20O6/c1-3-21-16(19)12-14(17(20)22-4-2)23-15(18)11-10-13-8-6-5-7-9-13/h5-11,14H,3-4,12H2,1-2H3/b11-10+/t14-/m1/s1. The SMILES string of the molecule is CCOC(=O)C[C@@H](OC(=O)/C=C/c1ccccc1)C(=O)OCC. The van der Waals surface area contributed by atoms with Crippen LogP contribution in [0.1, 0.15) is 25.8 Å². The van der Waals surface area contributed by atoms with Crippen LogP contribution in [-0.4, -0.2) is 37.2 Å². The molecule has 23 heavy (non-hydrogen) atoms. The van der Waals surface area contributed by atoms with Crippen LogP contribution in [0.4, 0.5) is 0 Å². The van der Waals surface area contributed by atoms with E-state index < -0.39 is 24.0 Å². The predicted octanol–water partition coefficient (Wildman–Crippen LogP) is 2.13. The maximum atomic E-state index is 11.8. The number of hydrogen-bond donors (Lipinski definition) is 0. The second-order valence-electron chi connectivity index (χ2n) is 4.43. The fraction of sp³-hybridized carbons (Fsp3) is 0.353. The molecule has 1 rings (SSSR count). The van der Waals surface area contributed by atoms with Gasteiger partial charge in [-0.15, -0.1) is 0 Å². The molecule has 0 heterocycles. The number of hydrogen-bond acceptors (Lipinski definition) is 6. The minimum Gasteiger partial charge on any atom is -0.466 e. The zero-order chi connectivity index (χ0) is 17.1. The van der Waals surface area contributed by atoms with Gasteiger partial charge in [0.15, 0.2) is 0 Å². The highest BCUT2D eigenvalue weighted by Gasteiger charge is 2.27. The summed E-state index contributed by atoms with van der Waals surface area (Å²) in [5, 5.41) is 0. The lowest BCUT2D eigenvalue weighted by Gasteiger charge is -2.14. The number of ether oxygens (including phenoxy) is 3. The second kappa shape index (κ2) is 10.2. The first-order valence-electron chi connectivity index (χ1n) is 7.32. The molecule has 0 saturated heterocycles. The van der Waals surface area contributed by atoms with Gasteiger partial charge in [0.1, 0.15) is 0 Å². The molecule has 124 valence electrons. The molecule has 6 heteroatoms. The van der Waals surface area contributed by atoms with E-state index in [2.05, 4.69) is 0 Å². The molecule has 0 bridgehead atoms. The van der Waals surface area contributed by atoms with Gasteiger partial charge in [0.25, 0.3) is 0 Å². The number of carbonyl (C=O) groups is 3. The van der Waals surface area contributed by atoms with Crippen molar-refractivity contribution in [3.8, 4) is 0 Å². The summed E-state index contributed by atoms with van der Waals surface area (Å²) in [6.07, 6.45) is 1.04. The molecule has 0 N–H and O–H groups in total. The van der Waals surface area contributed by atoms with E-state index in [9.17, 15) is 14.4 Å². The number of rotatable bonds is 8. The minimum atomic E-state index is -1.32. The Labute approximate surface area is 135 Å². The van der Waals surface area contributed by atoms with Crippen molar-refractivity contribution in [1.82, 2.24) is 0 Å². The van der Waals surface area contributed by atoms with Crippen LogP contribution in [0.2, 0.25) is 0 Å². The zero-order valence-electron chi connectivity index (χ0n) is 13.2. The highest BCUT2D eigenvalue weighted by molar-refractivity contribution is 5.90. The van der Waals surface area contributed by atoms with Crippen LogP contribution in [0.15, 0.2) is 36.4 Å². The molecule has 6 nitrogen and oxygen atoms in total. The Morgan fingerprint density at radius 2 is 1.70 bits per heavy atom. The van der Waals surface area contributed by atoms with Gasteiger partial charge in [0.05, 0.1) is 19.6 Å². The first-order valence-corrected chi connectivity index (χ1v) is 7.32. The number of esters is 3. The largest absolute Gasteiger partial charge is 0.466 e. The zero-order valence-corrected chi connectivity index (χ0v) is 13.2. The molecule has 1 aromatic rings. The van der Waals surface area contributed by atoms with E-state index in [1.54, 1.807) is 19.9 Å². The third-order valence-corrected chi connectivity index (χ3v) is 2.68. The molecule has 0 fully saturated rings. The normalized spacial score (nSPS) is 11.7. The van der Waals surface area contributed by atoms with Gasteiger partial charge in [0, 0.05) is 6.08 Å². The van der Waals surface area contributed by atoms with Crippen LogP contribution in [0.5, 0.6) is 0 Å². The van der Waals surface area contributed by atoms with Crippen molar-refractivity contribution in [2.45, 2.75) is 26.4 Å².